The van der Waals surface area contributed by atoms with E-state index in [9.17, 15) is 4.79 Å². The highest BCUT2D eigenvalue weighted by atomic mass is 16.2. The van der Waals surface area contributed by atoms with E-state index in [1.165, 1.54) is 32.1 Å². The Hall–Kier alpha value is -0.570. The van der Waals surface area contributed by atoms with Crippen LogP contribution in [0.4, 0.5) is 0 Å². The molecule has 0 aromatic heterocycles. The zero-order chi connectivity index (χ0) is 10.8. The van der Waals surface area contributed by atoms with Gasteiger partial charge >= 0.3 is 0 Å². The largest absolute Gasteiger partial charge is 0.353 e. The fraction of sp³-hybridized carbons (Fsp3) is 0.923. The Morgan fingerprint density at radius 3 is 2.44 bits per heavy atom. The number of piperidine rings is 1. The molecular formula is C13H20N2O. The Morgan fingerprint density at radius 1 is 1.06 bits per heavy atom. The van der Waals surface area contributed by atoms with E-state index in [-0.39, 0.29) is 0 Å². The lowest BCUT2D eigenvalue weighted by Crippen LogP contribution is -2.34. The van der Waals surface area contributed by atoms with Crippen LogP contribution in [0.5, 0.6) is 0 Å². The molecule has 2 unspecified atom stereocenters. The van der Waals surface area contributed by atoms with Gasteiger partial charge in [-0.1, -0.05) is 0 Å². The lowest BCUT2D eigenvalue weighted by Gasteiger charge is -2.23. The molecule has 0 bridgehead atoms. The number of carbonyl (C=O) groups excluding carboxylic acids is 1. The molecule has 16 heavy (non-hydrogen) atoms. The van der Waals surface area contributed by atoms with Crippen molar-refractivity contribution in [2.45, 2.75) is 44.6 Å². The average molecular weight is 220 g/mol. The molecule has 3 aliphatic carbocycles. The van der Waals surface area contributed by atoms with Crippen LogP contribution in [0.2, 0.25) is 0 Å². The van der Waals surface area contributed by atoms with Gasteiger partial charge in [0.05, 0.1) is 0 Å². The smallest absolute Gasteiger partial charge is 0.223 e. The van der Waals surface area contributed by atoms with Gasteiger partial charge in [0.1, 0.15) is 0 Å². The van der Waals surface area contributed by atoms with E-state index in [1.807, 2.05) is 0 Å². The minimum absolute atomic E-state index is 0.353. The first-order valence-electron chi connectivity index (χ1n) is 6.75. The van der Waals surface area contributed by atoms with Crippen molar-refractivity contribution >= 4 is 5.91 Å². The predicted octanol–water partition coefficient (Wildman–Crippen LogP) is 1.04. The minimum atomic E-state index is 0.353. The van der Waals surface area contributed by atoms with Crippen molar-refractivity contribution in [3.05, 3.63) is 0 Å². The highest BCUT2D eigenvalue weighted by molar-refractivity contribution is 5.83. The van der Waals surface area contributed by atoms with E-state index in [0.717, 1.165) is 19.5 Å². The summed E-state index contributed by atoms with van der Waals surface area (Å²) in [5.41, 5.74) is 1.01. The maximum absolute atomic E-state index is 12.1. The molecule has 2 atom stereocenters. The zero-order valence-corrected chi connectivity index (χ0v) is 9.72. The molecule has 88 valence electrons. The fourth-order valence-corrected chi connectivity index (χ4v) is 3.73. The second-order valence-electron chi connectivity index (χ2n) is 6.50. The van der Waals surface area contributed by atoms with Crippen molar-refractivity contribution < 1.29 is 4.79 Å². The fourth-order valence-electron chi connectivity index (χ4n) is 3.73. The summed E-state index contributed by atoms with van der Waals surface area (Å²) in [6.45, 7) is 2.22. The standard InChI is InChI=1S/C13H20N2O/c16-11(15-10-8-13(10)1-2-13)9-7-12(9)3-5-14-6-4-12/h9-10,14H,1-8H2,(H,15,16). The van der Waals surface area contributed by atoms with Gasteiger partial charge in [-0.2, -0.15) is 0 Å². The van der Waals surface area contributed by atoms with Crippen LogP contribution < -0.4 is 10.6 Å². The molecule has 4 rings (SSSR count). The Bertz CT molecular complexity index is 342. The van der Waals surface area contributed by atoms with Crippen molar-refractivity contribution in [3.8, 4) is 0 Å². The van der Waals surface area contributed by atoms with Crippen molar-refractivity contribution in [1.29, 1.82) is 0 Å². The van der Waals surface area contributed by atoms with Crippen molar-refractivity contribution in [2.24, 2.45) is 16.7 Å². The van der Waals surface area contributed by atoms with Crippen LogP contribution in [0, 0.1) is 16.7 Å². The molecule has 4 fully saturated rings. The van der Waals surface area contributed by atoms with Gasteiger partial charge in [-0.25, -0.2) is 0 Å². The molecule has 0 radical (unpaired) electrons. The molecule has 1 saturated heterocycles. The predicted molar refractivity (Wildman–Crippen MR) is 60.9 cm³/mol. The maximum Gasteiger partial charge on any atom is 0.223 e. The normalized spacial score (nSPS) is 40.8. The zero-order valence-electron chi connectivity index (χ0n) is 9.72. The van der Waals surface area contributed by atoms with E-state index in [1.54, 1.807) is 0 Å². The monoisotopic (exact) mass is 220 g/mol. The van der Waals surface area contributed by atoms with Crippen molar-refractivity contribution in [1.82, 2.24) is 10.6 Å². The Labute approximate surface area is 96.4 Å². The van der Waals surface area contributed by atoms with Crippen LogP contribution in [0.25, 0.3) is 0 Å². The second-order valence-corrected chi connectivity index (χ2v) is 6.50. The lowest BCUT2D eigenvalue weighted by molar-refractivity contribution is -0.123. The molecule has 3 nitrogen and oxygen atoms in total. The Balaban J connectivity index is 1.35. The maximum atomic E-state index is 12.1. The van der Waals surface area contributed by atoms with Gasteiger partial charge in [-0.15, -0.1) is 0 Å². The first-order valence-corrected chi connectivity index (χ1v) is 6.75. The van der Waals surface area contributed by atoms with Crippen molar-refractivity contribution in [2.75, 3.05) is 13.1 Å². The molecule has 2 N–H and O–H groups in total. The van der Waals surface area contributed by atoms with Crippen LogP contribution in [-0.4, -0.2) is 25.0 Å². The van der Waals surface area contributed by atoms with Crippen LogP contribution in [0.1, 0.15) is 38.5 Å². The third-order valence-corrected chi connectivity index (χ3v) is 5.50. The molecule has 1 heterocycles. The molecule has 0 aromatic rings. The molecule has 2 spiro atoms. The summed E-state index contributed by atoms with van der Waals surface area (Å²) < 4.78 is 0. The molecular weight excluding hydrogens is 200 g/mol. The van der Waals surface area contributed by atoms with E-state index in [0.29, 0.717) is 28.7 Å². The molecule has 1 amide bonds. The molecule has 4 aliphatic rings. The Kier molecular flexibility index (Phi) is 1.66. The first-order chi connectivity index (χ1) is 7.74. The summed E-state index contributed by atoms with van der Waals surface area (Å²) in [6, 6.07) is 0.555. The van der Waals surface area contributed by atoms with Crippen LogP contribution in [0.3, 0.4) is 0 Å². The van der Waals surface area contributed by atoms with Crippen LogP contribution in [-0.2, 0) is 4.79 Å². The first kappa shape index (κ1) is 9.46. The van der Waals surface area contributed by atoms with Gasteiger partial charge in [-0.3, -0.25) is 4.79 Å². The van der Waals surface area contributed by atoms with Gasteiger partial charge in [0.2, 0.25) is 5.91 Å². The van der Waals surface area contributed by atoms with Gasteiger partial charge in [0.25, 0.3) is 0 Å². The summed E-state index contributed by atoms with van der Waals surface area (Å²) in [6.07, 6.45) is 7.55. The summed E-state index contributed by atoms with van der Waals surface area (Å²) in [7, 11) is 0. The number of amides is 1. The summed E-state index contributed by atoms with van der Waals surface area (Å²) in [4.78, 5) is 12.1. The lowest BCUT2D eigenvalue weighted by atomic mass is 9.92. The van der Waals surface area contributed by atoms with E-state index >= 15 is 0 Å². The van der Waals surface area contributed by atoms with E-state index in [2.05, 4.69) is 10.6 Å². The van der Waals surface area contributed by atoms with Gasteiger partial charge in [-0.05, 0) is 62.4 Å². The second kappa shape index (κ2) is 2.81. The van der Waals surface area contributed by atoms with Gasteiger partial charge < -0.3 is 10.6 Å². The summed E-state index contributed by atoms with van der Waals surface area (Å²) >= 11 is 0. The number of carbonyl (C=O) groups is 1. The molecule has 3 heteroatoms. The van der Waals surface area contributed by atoms with Crippen molar-refractivity contribution in [3.63, 3.8) is 0 Å². The minimum Gasteiger partial charge on any atom is -0.353 e. The Morgan fingerprint density at radius 2 is 1.81 bits per heavy atom. The number of rotatable bonds is 2. The van der Waals surface area contributed by atoms with Crippen LogP contribution in [0.15, 0.2) is 0 Å². The number of nitrogens with one attached hydrogen (secondary N) is 2. The summed E-state index contributed by atoms with van der Waals surface area (Å²) in [5.74, 6) is 0.724. The highest BCUT2D eigenvalue weighted by Gasteiger charge is 2.65. The molecule has 3 saturated carbocycles. The summed E-state index contributed by atoms with van der Waals surface area (Å²) in [5, 5.41) is 6.67. The third kappa shape index (κ3) is 1.27. The SMILES string of the molecule is O=C(NC1CC12CC2)C1CC12CCNCC2. The quantitative estimate of drug-likeness (QED) is 0.730. The number of hydrogen-bond acceptors (Lipinski definition) is 2. The number of hydrogen-bond donors (Lipinski definition) is 2. The third-order valence-electron chi connectivity index (χ3n) is 5.50. The average Bonchev–Trinajstić information content (AvgIpc) is 3.17. The highest BCUT2D eigenvalue weighted by Crippen LogP contribution is 2.66. The van der Waals surface area contributed by atoms with E-state index < -0.39 is 0 Å². The van der Waals surface area contributed by atoms with E-state index in [4.69, 9.17) is 0 Å². The molecule has 1 aliphatic heterocycles. The van der Waals surface area contributed by atoms with Crippen LogP contribution >= 0.6 is 0 Å². The van der Waals surface area contributed by atoms with Gasteiger partial charge in [0.15, 0.2) is 0 Å². The molecule has 0 aromatic carbocycles. The topological polar surface area (TPSA) is 41.1 Å². The van der Waals surface area contributed by atoms with Gasteiger partial charge in [0, 0.05) is 12.0 Å².